The zero-order valence-corrected chi connectivity index (χ0v) is 5.35. The van der Waals surface area contributed by atoms with Gasteiger partial charge in [-0.15, -0.1) is 16.9 Å². The molecule has 1 rings (SSSR count). The largest absolute Gasteiger partial charge is 0.323 e. The van der Waals surface area contributed by atoms with Crippen LogP contribution in [0, 0.1) is 0 Å². The van der Waals surface area contributed by atoms with Crippen molar-refractivity contribution < 1.29 is 0 Å². The van der Waals surface area contributed by atoms with Gasteiger partial charge in [-0.1, -0.05) is 0 Å². The van der Waals surface area contributed by atoms with Gasteiger partial charge in [0.15, 0.2) is 0 Å². The summed E-state index contributed by atoms with van der Waals surface area (Å²) >= 11 is 1.58. The van der Waals surface area contributed by atoms with Gasteiger partial charge in [-0.05, 0) is 12.3 Å². The fraction of sp³-hybridized carbons (Fsp3) is 0.250. The van der Waals surface area contributed by atoms with Gasteiger partial charge in [-0.25, -0.2) is 0 Å². The van der Waals surface area contributed by atoms with E-state index in [0.717, 1.165) is 5.03 Å². The predicted molar refractivity (Wildman–Crippen MR) is 34.2 cm³/mol. The first-order valence-corrected chi connectivity index (χ1v) is 3.40. The lowest BCUT2D eigenvalue weighted by atomic mass is 10.8. The average molecular weight is 129 g/mol. The zero-order chi connectivity index (χ0) is 5.98. The van der Waals surface area contributed by atoms with Crippen LogP contribution in [0.3, 0.4) is 0 Å². The highest BCUT2D eigenvalue weighted by Gasteiger charge is 1.89. The topological polar surface area (TPSA) is 43.8 Å². The number of nitrogen functional groups attached to an aromatic ring is 1. The summed E-state index contributed by atoms with van der Waals surface area (Å²) in [5.74, 6) is 5.25. The predicted octanol–water partition coefficient (Wildman–Crippen LogP) is 0.319. The molecular weight excluding hydrogens is 122 g/mol. The van der Waals surface area contributed by atoms with Crippen LogP contribution in [-0.4, -0.2) is 16.1 Å². The Kier molecular flexibility index (Phi) is 1.43. The van der Waals surface area contributed by atoms with Crippen molar-refractivity contribution in [3.05, 3.63) is 12.3 Å². The smallest absolute Gasteiger partial charge is 0.120 e. The zero-order valence-electron chi connectivity index (χ0n) is 4.53. The second-order valence-corrected chi connectivity index (χ2v) is 2.16. The third-order valence-electron chi connectivity index (χ3n) is 0.793. The van der Waals surface area contributed by atoms with E-state index in [1.165, 1.54) is 4.79 Å². The summed E-state index contributed by atoms with van der Waals surface area (Å²) in [5, 5.41) is 4.84. The van der Waals surface area contributed by atoms with Crippen molar-refractivity contribution in [2.75, 3.05) is 12.1 Å². The molecule has 0 aliphatic rings. The van der Waals surface area contributed by atoms with E-state index in [-0.39, 0.29) is 0 Å². The number of nitrogens with two attached hydrogens (primary N) is 1. The van der Waals surface area contributed by atoms with Crippen LogP contribution in [0.15, 0.2) is 17.3 Å². The van der Waals surface area contributed by atoms with Crippen molar-refractivity contribution in [1.82, 2.24) is 9.89 Å². The van der Waals surface area contributed by atoms with E-state index in [4.69, 9.17) is 5.84 Å². The molecule has 0 amide bonds. The average Bonchev–Trinajstić information content (AvgIpc) is 2.14. The van der Waals surface area contributed by atoms with Gasteiger partial charge in [0.2, 0.25) is 0 Å². The lowest BCUT2D eigenvalue weighted by Crippen LogP contribution is -2.07. The lowest BCUT2D eigenvalue weighted by molar-refractivity contribution is 0.795. The molecule has 0 aliphatic carbocycles. The van der Waals surface area contributed by atoms with Gasteiger partial charge in [-0.2, -0.15) is 4.79 Å². The van der Waals surface area contributed by atoms with Gasteiger partial charge < -0.3 is 5.84 Å². The van der Waals surface area contributed by atoms with E-state index >= 15 is 0 Å². The molecule has 1 aromatic heterocycles. The molecule has 0 bridgehead atoms. The van der Waals surface area contributed by atoms with Crippen LogP contribution in [-0.2, 0) is 0 Å². The van der Waals surface area contributed by atoms with E-state index in [9.17, 15) is 0 Å². The Bertz CT molecular complexity index is 172. The molecule has 0 saturated heterocycles. The minimum absolute atomic E-state index is 0.951. The van der Waals surface area contributed by atoms with Crippen LogP contribution >= 0.6 is 11.8 Å². The Labute approximate surface area is 51.8 Å². The Morgan fingerprint density at radius 1 is 1.88 bits per heavy atom. The van der Waals surface area contributed by atoms with Crippen LogP contribution in [0.25, 0.3) is 0 Å². The van der Waals surface area contributed by atoms with Crippen molar-refractivity contribution in [1.29, 1.82) is 0 Å². The van der Waals surface area contributed by atoms with E-state index in [1.807, 2.05) is 12.3 Å². The van der Waals surface area contributed by atoms with E-state index in [2.05, 4.69) is 5.10 Å². The first kappa shape index (κ1) is 5.50. The minimum Gasteiger partial charge on any atom is -0.323 e. The molecule has 0 aliphatic heterocycles. The van der Waals surface area contributed by atoms with Gasteiger partial charge in [0.1, 0.15) is 5.03 Å². The Hall–Kier alpha value is -0.640. The Morgan fingerprint density at radius 2 is 2.62 bits per heavy atom. The van der Waals surface area contributed by atoms with Crippen molar-refractivity contribution >= 4 is 11.8 Å². The van der Waals surface area contributed by atoms with Crippen LogP contribution < -0.4 is 5.84 Å². The number of thioether (sulfide) groups is 1. The summed E-state index contributed by atoms with van der Waals surface area (Å²) in [6.45, 7) is 0. The molecule has 0 radical (unpaired) electrons. The molecule has 0 atom stereocenters. The quantitative estimate of drug-likeness (QED) is 0.438. The van der Waals surface area contributed by atoms with Crippen LogP contribution in [0.1, 0.15) is 0 Å². The molecule has 1 heterocycles. The molecule has 44 valence electrons. The molecule has 2 N–H and O–H groups in total. The number of hydrogen-bond acceptors (Lipinski definition) is 3. The molecule has 0 unspecified atom stereocenters. The maximum Gasteiger partial charge on any atom is 0.120 e. The molecule has 0 fully saturated rings. The summed E-state index contributed by atoms with van der Waals surface area (Å²) in [6, 6.07) is 1.87. The van der Waals surface area contributed by atoms with Crippen molar-refractivity contribution in [3.8, 4) is 0 Å². The monoisotopic (exact) mass is 129 g/mol. The third kappa shape index (κ3) is 0.949. The number of aromatic nitrogens is 2. The molecule has 0 spiro atoms. The Morgan fingerprint density at radius 3 is 2.88 bits per heavy atom. The summed E-state index contributed by atoms with van der Waals surface area (Å²) in [5.41, 5.74) is 0. The van der Waals surface area contributed by atoms with Gasteiger partial charge in [0, 0.05) is 6.20 Å². The minimum atomic E-state index is 0.951. The molecule has 0 aromatic carbocycles. The Balaban J connectivity index is 2.84. The molecule has 1 aromatic rings. The fourth-order valence-electron chi connectivity index (χ4n) is 0.429. The van der Waals surface area contributed by atoms with E-state index in [1.54, 1.807) is 18.0 Å². The van der Waals surface area contributed by atoms with Gasteiger partial charge in [0.05, 0.1) is 0 Å². The van der Waals surface area contributed by atoms with Crippen LogP contribution in [0.5, 0.6) is 0 Å². The number of rotatable bonds is 1. The van der Waals surface area contributed by atoms with Gasteiger partial charge in [0.25, 0.3) is 0 Å². The summed E-state index contributed by atoms with van der Waals surface area (Å²) in [6.07, 6.45) is 3.67. The maximum atomic E-state index is 5.25. The fourth-order valence-corrected chi connectivity index (χ4v) is 0.802. The molecular formula is C4H7N3S. The van der Waals surface area contributed by atoms with Crippen molar-refractivity contribution in [3.63, 3.8) is 0 Å². The second kappa shape index (κ2) is 2.09. The third-order valence-corrected chi connectivity index (χ3v) is 1.43. The molecule has 8 heavy (non-hydrogen) atoms. The lowest BCUT2D eigenvalue weighted by Gasteiger charge is -1.83. The second-order valence-electron chi connectivity index (χ2n) is 1.34. The van der Waals surface area contributed by atoms with Gasteiger partial charge >= 0.3 is 0 Å². The highest BCUT2D eigenvalue weighted by Crippen LogP contribution is 2.07. The normalized spacial score (nSPS) is 9.62. The van der Waals surface area contributed by atoms with Crippen LogP contribution in [0.2, 0.25) is 0 Å². The highest BCUT2D eigenvalue weighted by molar-refractivity contribution is 7.98. The summed E-state index contributed by atoms with van der Waals surface area (Å²) in [4.78, 5) is 1.30. The van der Waals surface area contributed by atoms with E-state index < -0.39 is 0 Å². The maximum absolute atomic E-state index is 5.25. The standard InChI is InChI=1S/C4H7N3S/c1-8-4-2-3-7(5)6-4/h2-3H,5H2,1H3. The molecule has 4 heteroatoms. The summed E-state index contributed by atoms with van der Waals surface area (Å²) in [7, 11) is 0. The van der Waals surface area contributed by atoms with Gasteiger partial charge in [-0.3, -0.25) is 0 Å². The molecule has 0 saturated carbocycles. The summed E-state index contributed by atoms with van der Waals surface area (Å²) < 4.78 is 0. The van der Waals surface area contributed by atoms with Crippen LogP contribution in [0.4, 0.5) is 0 Å². The SMILES string of the molecule is CSc1ccn(N)n1. The highest BCUT2D eigenvalue weighted by atomic mass is 32.2. The first-order valence-electron chi connectivity index (χ1n) is 2.17. The first-order chi connectivity index (χ1) is 3.83. The number of nitrogens with zero attached hydrogens (tertiary/aromatic N) is 2. The number of hydrogen-bond donors (Lipinski definition) is 1. The van der Waals surface area contributed by atoms with Crippen molar-refractivity contribution in [2.24, 2.45) is 0 Å². The molecule has 3 nitrogen and oxygen atoms in total. The van der Waals surface area contributed by atoms with Crippen molar-refractivity contribution in [2.45, 2.75) is 5.03 Å². The van der Waals surface area contributed by atoms with E-state index in [0.29, 0.717) is 0 Å².